The molecular formula is C20H28O4. The molecule has 0 amide bonds. The highest BCUT2D eigenvalue weighted by atomic mass is 16.5. The van der Waals surface area contributed by atoms with Gasteiger partial charge < -0.3 is 14.9 Å². The lowest BCUT2D eigenvalue weighted by molar-refractivity contribution is -0.151. The van der Waals surface area contributed by atoms with E-state index in [2.05, 4.69) is 13.5 Å². The second kappa shape index (κ2) is 6.16. The first-order valence-corrected chi connectivity index (χ1v) is 8.87. The van der Waals surface area contributed by atoms with Gasteiger partial charge in [-0.25, -0.2) is 4.79 Å². The van der Waals surface area contributed by atoms with Gasteiger partial charge >= 0.3 is 5.97 Å². The molecule has 0 spiro atoms. The third kappa shape index (κ3) is 2.56. The number of carbonyl (C=O) groups is 1. The summed E-state index contributed by atoms with van der Waals surface area (Å²) in [6, 6.07) is 0. The van der Waals surface area contributed by atoms with Crippen molar-refractivity contribution < 1.29 is 19.7 Å². The Labute approximate surface area is 143 Å². The maximum Gasteiger partial charge on any atom is 0.342 e. The Morgan fingerprint density at radius 1 is 1.42 bits per heavy atom. The van der Waals surface area contributed by atoms with E-state index in [-0.39, 0.29) is 29.8 Å². The number of cyclic esters (lactones) is 1. The number of hydrogen-bond acceptors (Lipinski definition) is 4. The van der Waals surface area contributed by atoms with Gasteiger partial charge in [-0.2, -0.15) is 0 Å². The molecule has 24 heavy (non-hydrogen) atoms. The highest BCUT2D eigenvalue weighted by Crippen LogP contribution is 2.61. The molecule has 2 N–H and O–H groups in total. The standard InChI is InChI=1S/C20H28O4/c1-13-4-7-16-19(2,10-8-17(22)20(16,3)12-21)15(13)6-5-14-9-11-24-18(14)23/h5,9,11,15-17,21-22H,1,4,6-8,10,12H2,2-3H3/t15-,16?,17-,19-,20+/m1/s1. The highest BCUT2D eigenvalue weighted by Gasteiger charge is 2.57. The van der Waals surface area contributed by atoms with Crippen molar-refractivity contribution in [1.82, 2.24) is 0 Å². The van der Waals surface area contributed by atoms with E-state index in [1.54, 1.807) is 6.08 Å². The zero-order valence-corrected chi connectivity index (χ0v) is 14.6. The first-order chi connectivity index (χ1) is 11.3. The van der Waals surface area contributed by atoms with Gasteiger partial charge in [0.2, 0.25) is 0 Å². The van der Waals surface area contributed by atoms with E-state index in [1.165, 1.54) is 11.8 Å². The number of hydrogen-bond donors (Lipinski definition) is 2. The molecule has 1 heterocycles. The van der Waals surface area contributed by atoms with Crippen LogP contribution in [-0.2, 0) is 9.53 Å². The van der Waals surface area contributed by atoms with Crippen LogP contribution in [-0.4, -0.2) is 28.9 Å². The number of esters is 1. The molecule has 0 aromatic carbocycles. The molecule has 0 aromatic rings. The smallest absolute Gasteiger partial charge is 0.342 e. The highest BCUT2D eigenvalue weighted by molar-refractivity contribution is 5.94. The van der Waals surface area contributed by atoms with Gasteiger partial charge in [-0.05, 0) is 55.4 Å². The zero-order chi connectivity index (χ0) is 17.5. The van der Waals surface area contributed by atoms with Gasteiger partial charge in [0.05, 0.1) is 24.5 Å². The van der Waals surface area contributed by atoms with Gasteiger partial charge in [-0.1, -0.05) is 32.1 Å². The average Bonchev–Trinajstić information content (AvgIpc) is 2.96. The van der Waals surface area contributed by atoms with Crippen LogP contribution in [0.2, 0.25) is 0 Å². The molecule has 2 fully saturated rings. The van der Waals surface area contributed by atoms with Crippen LogP contribution in [0.5, 0.6) is 0 Å². The van der Waals surface area contributed by atoms with Crippen molar-refractivity contribution >= 4 is 5.97 Å². The van der Waals surface area contributed by atoms with Crippen molar-refractivity contribution in [2.45, 2.75) is 52.1 Å². The fourth-order valence-corrected chi connectivity index (χ4v) is 5.34. The van der Waals surface area contributed by atoms with Crippen LogP contribution in [0, 0.1) is 22.7 Å². The summed E-state index contributed by atoms with van der Waals surface area (Å²) in [5.41, 5.74) is 1.34. The van der Waals surface area contributed by atoms with Crippen LogP contribution in [0.1, 0.15) is 46.0 Å². The molecule has 4 nitrogen and oxygen atoms in total. The van der Waals surface area contributed by atoms with Crippen molar-refractivity contribution in [2.75, 3.05) is 6.61 Å². The van der Waals surface area contributed by atoms with Crippen LogP contribution in [0.4, 0.5) is 0 Å². The minimum absolute atomic E-state index is 0.00374. The van der Waals surface area contributed by atoms with Gasteiger partial charge in [0.25, 0.3) is 0 Å². The molecule has 2 aliphatic carbocycles. The van der Waals surface area contributed by atoms with Crippen LogP contribution in [0.15, 0.2) is 36.1 Å². The number of aliphatic hydroxyl groups excluding tert-OH is 2. The minimum atomic E-state index is -0.467. The van der Waals surface area contributed by atoms with E-state index in [0.29, 0.717) is 12.0 Å². The minimum Gasteiger partial charge on any atom is -0.431 e. The van der Waals surface area contributed by atoms with E-state index < -0.39 is 11.5 Å². The van der Waals surface area contributed by atoms with Crippen molar-refractivity contribution in [3.05, 3.63) is 36.1 Å². The Balaban J connectivity index is 1.89. The van der Waals surface area contributed by atoms with E-state index >= 15 is 0 Å². The Hall–Kier alpha value is -1.39. The zero-order valence-electron chi connectivity index (χ0n) is 14.6. The molecule has 132 valence electrons. The van der Waals surface area contributed by atoms with Gasteiger partial charge in [-0.15, -0.1) is 0 Å². The SMILES string of the molecule is C=C1CCC2[C@](C)(CO)[C@H](O)CC[C@]2(C)[C@@H]1CC=C1C=COC1=O. The summed E-state index contributed by atoms with van der Waals surface area (Å²) in [4.78, 5) is 11.6. The first kappa shape index (κ1) is 17.4. The maximum atomic E-state index is 11.6. The van der Waals surface area contributed by atoms with Crippen molar-refractivity contribution in [3.63, 3.8) is 0 Å². The Morgan fingerprint density at radius 2 is 2.17 bits per heavy atom. The molecule has 1 unspecified atom stereocenters. The predicted molar refractivity (Wildman–Crippen MR) is 91.8 cm³/mol. The molecule has 0 bridgehead atoms. The lowest BCUT2D eigenvalue weighted by Crippen LogP contribution is -2.57. The van der Waals surface area contributed by atoms with Gasteiger partial charge in [-0.3, -0.25) is 0 Å². The molecule has 0 saturated heterocycles. The van der Waals surface area contributed by atoms with Crippen molar-refractivity contribution in [1.29, 1.82) is 0 Å². The number of allylic oxidation sites excluding steroid dienone is 2. The van der Waals surface area contributed by atoms with Crippen LogP contribution in [0.25, 0.3) is 0 Å². The molecule has 5 atom stereocenters. The number of rotatable bonds is 3. The van der Waals surface area contributed by atoms with Crippen LogP contribution < -0.4 is 0 Å². The molecule has 0 aromatic heterocycles. The molecule has 4 heteroatoms. The predicted octanol–water partition coefficient (Wildman–Crippen LogP) is 3.12. The fraction of sp³-hybridized carbons (Fsp3) is 0.650. The summed E-state index contributed by atoms with van der Waals surface area (Å²) in [6.45, 7) is 8.59. The average molecular weight is 332 g/mol. The summed E-state index contributed by atoms with van der Waals surface area (Å²) in [7, 11) is 0. The number of fused-ring (bicyclic) bond motifs is 1. The monoisotopic (exact) mass is 332 g/mol. The molecular weight excluding hydrogens is 304 g/mol. The van der Waals surface area contributed by atoms with Crippen molar-refractivity contribution in [3.8, 4) is 0 Å². The summed E-state index contributed by atoms with van der Waals surface area (Å²) >= 11 is 0. The second-order valence-electron chi connectivity index (χ2n) is 8.13. The largest absolute Gasteiger partial charge is 0.431 e. The lowest BCUT2D eigenvalue weighted by atomic mass is 9.46. The third-order valence-corrected chi connectivity index (χ3v) is 6.93. The Morgan fingerprint density at radius 3 is 2.79 bits per heavy atom. The maximum absolute atomic E-state index is 11.6. The van der Waals surface area contributed by atoms with E-state index in [9.17, 15) is 15.0 Å². The summed E-state index contributed by atoms with van der Waals surface area (Å²) in [6.07, 6.45) is 8.86. The quantitative estimate of drug-likeness (QED) is 0.473. The first-order valence-electron chi connectivity index (χ1n) is 8.87. The van der Waals surface area contributed by atoms with Crippen LogP contribution >= 0.6 is 0 Å². The van der Waals surface area contributed by atoms with Crippen LogP contribution in [0.3, 0.4) is 0 Å². The van der Waals surface area contributed by atoms with Gasteiger partial charge in [0.15, 0.2) is 0 Å². The van der Waals surface area contributed by atoms with Gasteiger partial charge in [0.1, 0.15) is 0 Å². The lowest BCUT2D eigenvalue weighted by Gasteiger charge is -2.59. The summed E-state index contributed by atoms with van der Waals surface area (Å²) in [5.74, 6) is 0.208. The van der Waals surface area contributed by atoms with Gasteiger partial charge in [0, 0.05) is 5.41 Å². The van der Waals surface area contributed by atoms with Crippen molar-refractivity contribution in [2.24, 2.45) is 22.7 Å². The molecule has 2 saturated carbocycles. The summed E-state index contributed by atoms with van der Waals surface area (Å²) in [5, 5.41) is 20.5. The molecule has 3 rings (SSSR count). The summed E-state index contributed by atoms with van der Waals surface area (Å²) < 4.78 is 4.85. The number of ether oxygens (including phenoxy) is 1. The topological polar surface area (TPSA) is 66.8 Å². The third-order valence-electron chi connectivity index (χ3n) is 6.93. The Kier molecular flexibility index (Phi) is 4.47. The fourth-order valence-electron chi connectivity index (χ4n) is 5.34. The van der Waals surface area contributed by atoms with E-state index in [0.717, 1.165) is 25.7 Å². The molecule has 3 aliphatic rings. The molecule has 0 radical (unpaired) electrons. The van der Waals surface area contributed by atoms with E-state index in [1.807, 2.05) is 13.0 Å². The van der Waals surface area contributed by atoms with E-state index in [4.69, 9.17) is 4.74 Å². The number of carbonyl (C=O) groups excluding carboxylic acids is 1. The Bertz CT molecular complexity index is 605. The normalized spacial score (nSPS) is 43.8. The molecule has 1 aliphatic heterocycles. The number of aliphatic hydroxyl groups is 2. The second-order valence-corrected chi connectivity index (χ2v) is 8.13.